The van der Waals surface area contributed by atoms with E-state index < -0.39 is 0 Å². The zero-order chi connectivity index (χ0) is 11.4. The van der Waals surface area contributed by atoms with Gasteiger partial charge >= 0.3 is 0 Å². The van der Waals surface area contributed by atoms with E-state index in [2.05, 4.69) is 6.92 Å². The highest BCUT2D eigenvalue weighted by Crippen LogP contribution is 2.09. The van der Waals surface area contributed by atoms with Gasteiger partial charge in [0.1, 0.15) is 6.79 Å². The molecule has 0 aromatic rings. The molecule has 4 heteroatoms. The Morgan fingerprint density at radius 1 is 1.27 bits per heavy atom. The van der Waals surface area contributed by atoms with Gasteiger partial charge in [-0.05, 0) is 19.1 Å². The molecule has 0 heterocycles. The van der Waals surface area contributed by atoms with E-state index in [0.717, 1.165) is 5.75 Å². The quantitative estimate of drug-likeness (QED) is 0.407. The van der Waals surface area contributed by atoms with Crippen LogP contribution in [0.5, 0.6) is 0 Å². The number of hydrogen-bond acceptors (Lipinski definition) is 4. The molecule has 1 unspecified atom stereocenters. The highest BCUT2D eigenvalue weighted by Gasteiger charge is 2.08. The van der Waals surface area contributed by atoms with Crippen LogP contribution < -0.4 is 0 Å². The molecule has 0 aliphatic rings. The van der Waals surface area contributed by atoms with Crippen LogP contribution in [-0.4, -0.2) is 44.7 Å². The number of methoxy groups -OCH3 is 1. The van der Waals surface area contributed by atoms with E-state index >= 15 is 0 Å². The highest BCUT2D eigenvalue weighted by atomic mass is 32.2. The fourth-order valence-electron chi connectivity index (χ4n) is 1.02. The van der Waals surface area contributed by atoms with Crippen molar-refractivity contribution in [2.75, 3.05) is 38.6 Å². The van der Waals surface area contributed by atoms with Gasteiger partial charge in [0.05, 0.1) is 12.7 Å². The third-order valence-corrected chi connectivity index (χ3v) is 3.07. The molecule has 0 radical (unpaired) electrons. The van der Waals surface area contributed by atoms with Gasteiger partial charge in [0.15, 0.2) is 0 Å². The number of thioether (sulfide) groups is 1. The molecule has 0 bridgehead atoms. The molecule has 15 heavy (non-hydrogen) atoms. The second-order valence-electron chi connectivity index (χ2n) is 3.28. The van der Waals surface area contributed by atoms with E-state index in [1.807, 2.05) is 18.7 Å². The Balaban J connectivity index is 3.44. The minimum Gasteiger partial charge on any atom is -0.382 e. The minimum atomic E-state index is 0.156. The van der Waals surface area contributed by atoms with Gasteiger partial charge in [-0.25, -0.2) is 0 Å². The first-order valence-corrected chi connectivity index (χ1v) is 6.76. The predicted molar refractivity (Wildman–Crippen MR) is 65.5 cm³/mol. The van der Waals surface area contributed by atoms with Gasteiger partial charge in [-0.15, -0.1) is 0 Å². The van der Waals surface area contributed by atoms with Crippen molar-refractivity contribution in [3.05, 3.63) is 0 Å². The lowest BCUT2D eigenvalue weighted by Crippen LogP contribution is -2.23. The highest BCUT2D eigenvalue weighted by molar-refractivity contribution is 7.99. The van der Waals surface area contributed by atoms with Crippen LogP contribution in [0, 0.1) is 0 Å². The lowest BCUT2D eigenvalue weighted by Gasteiger charge is -2.16. The lowest BCUT2D eigenvalue weighted by atomic mass is 10.4. The van der Waals surface area contributed by atoms with Crippen LogP contribution in [-0.2, 0) is 14.2 Å². The fourth-order valence-corrected chi connectivity index (χ4v) is 2.13. The molecule has 3 nitrogen and oxygen atoms in total. The molecule has 0 aromatic carbocycles. The van der Waals surface area contributed by atoms with Crippen molar-refractivity contribution in [3.8, 4) is 0 Å². The standard InChI is InChI=1S/C11H24O3S/c1-4-6-7-15-9-11(8-12-3)14-10-13-5-2/h11H,4-10H2,1-3H3. The number of unbranched alkanes of at least 4 members (excludes halogenated alkanes) is 1. The first-order valence-electron chi connectivity index (χ1n) is 5.61. The van der Waals surface area contributed by atoms with E-state index in [1.165, 1.54) is 18.6 Å². The molecule has 0 aromatic heterocycles. The van der Waals surface area contributed by atoms with Crippen LogP contribution in [0.2, 0.25) is 0 Å². The average molecular weight is 236 g/mol. The summed E-state index contributed by atoms with van der Waals surface area (Å²) >= 11 is 1.92. The van der Waals surface area contributed by atoms with Crippen LogP contribution in [0.4, 0.5) is 0 Å². The van der Waals surface area contributed by atoms with Crippen LogP contribution in [0.1, 0.15) is 26.7 Å². The predicted octanol–water partition coefficient (Wildman–Crippen LogP) is 2.55. The van der Waals surface area contributed by atoms with Gasteiger partial charge < -0.3 is 14.2 Å². The van der Waals surface area contributed by atoms with Gasteiger partial charge in [0.25, 0.3) is 0 Å². The molecule has 0 amide bonds. The summed E-state index contributed by atoms with van der Waals surface area (Å²) in [7, 11) is 1.70. The Morgan fingerprint density at radius 3 is 2.67 bits per heavy atom. The minimum absolute atomic E-state index is 0.156. The third-order valence-electron chi connectivity index (χ3n) is 1.89. The molecule has 0 N–H and O–H groups in total. The summed E-state index contributed by atoms with van der Waals surface area (Å²) in [6.45, 7) is 5.89. The molecule has 92 valence electrons. The molecular weight excluding hydrogens is 212 g/mol. The van der Waals surface area contributed by atoms with E-state index in [-0.39, 0.29) is 6.10 Å². The van der Waals surface area contributed by atoms with E-state index in [1.54, 1.807) is 7.11 Å². The van der Waals surface area contributed by atoms with Crippen LogP contribution in [0.25, 0.3) is 0 Å². The van der Waals surface area contributed by atoms with E-state index in [0.29, 0.717) is 20.0 Å². The van der Waals surface area contributed by atoms with Crippen LogP contribution >= 0.6 is 11.8 Å². The lowest BCUT2D eigenvalue weighted by molar-refractivity contribution is -0.0954. The second kappa shape index (κ2) is 12.3. The summed E-state index contributed by atoms with van der Waals surface area (Å²) in [6.07, 6.45) is 2.68. The summed E-state index contributed by atoms with van der Waals surface area (Å²) in [6, 6.07) is 0. The second-order valence-corrected chi connectivity index (χ2v) is 4.43. The topological polar surface area (TPSA) is 27.7 Å². The summed E-state index contributed by atoms with van der Waals surface area (Å²) < 4.78 is 15.8. The third kappa shape index (κ3) is 10.5. The maximum absolute atomic E-state index is 5.54. The molecule has 1 atom stereocenters. The maximum Gasteiger partial charge on any atom is 0.147 e. The molecule has 0 saturated heterocycles. The van der Waals surface area contributed by atoms with Crippen LogP contribution in [0.3, 0.4) is 0 Å². The molecule has 0 aliphatic carbocycles. The smallest absolute Gasteiger partial charge is 0.147 e. The SMILES string of the molecule is CCCCSCC(COC)OCOCC. The van der Waals surface area contributed by atoms with Crippen molar-refractivity contribution in [1.29, 1.82) is 0 Å². The first kappa shape index (κ1) is 15.2. The van der Waals surface area contributed by atoms with Gasteiger partial charge in [-0.2, -0.15) is 11.8 Å². The molecule has 0 spiro atoms. The monoisotopic (exact) mass is 236 g/mol. The molecule has 0 fully saturated rings. The van der Waals surface area contributed by atoms with Gasteiger partial charge in [-0.3, -0.25) is 0 Å². The van der Waals surface area contributed by atoms with Crippen LogP contribution in [0.15, 0.2) is 0 Å². The Labute approximate surface area is 97.9 Å². The number of rotatable bonds is 11. The van der Waals surface area contributed by atoms with Crippen molar-refractivity contribution in [1.82, 2.24) is 0 Å². The molecule has 0 rings (SSSR count). The summed E-state index contributed by atoms with van der Waals surface area (Å²) in [5.41, 5.74) is 0. The maximum atomic E-state index is 5.54. The fraction of sp³-hybridized carbons (Fsp3) is 1.00. The van der Waals surface area contributed by atoms with E-state index in [4.69, 9.17) is 14.2 Å². The number of ether oxygens (including phenoxy) is 3. The van der Waals surface area contributed by atoms with Crippen molar-refractivity contribution in [3.63, 3.8) is 0 Å². The summed E-state index contributed by atoms with van der Waals surface area (Å²) in [5.74, 6) is 2.19. The Hall–Kier alpha value is 0.230. The first-order chi connectivity index (χ1) is 7.35. The Kier molecular flexibility index (Phi) is 12.5. The van der Waals surface area contributed by atoms with E-state index in [9.17, 15) is 0 Å². The van der Waals surface area contributed by atoms with Crippen molar-refractivity contribution in [2.24, 2.45) is 0 Å². The molecule has 0 saturated carbocycles. The Morgan fingerprint density at radius 2 is 2.07 bits per heavy atom. The van der Waals surface area contributed by atoms with Gasteiger partial charge in [-0.1, -0.05) is 13.3 Å². The molecular formula is C11H24O3S. The average Bonchev–Trinajstić information content (AvgIpc) is 2.24. The summed E-state index contributed by atoms with van der Waals surface area (Å²) in [5, 5.41) is 0. The van der Waals surface area contributed by atoms with Gasteiger partial charge in [0, 0.05) is 19.5 Å². The van der Waals surface area contributed by atoms with Crippen molar-refractivity contribution in [2.45, 2.75) is 32.8 Å². The molecule has 0 aliphatic heterocycles. The van der Waals surface area contributed by atoms with Gasteiger partial charge in [0.2, 0.25) is 0 Å². The Bertz CT molecular complexity index is 122. The number of hydrogen-bond donors (Lipinski definition) is 0. The zero-order valence-electron chi connectivity index (χ0n) is 10.2. The summed E-state index contributed by atoms with van der Waals surface area (Å²) in [4.78, 5) is 0. The normalized spacial score (nSPS) is 13.0. The largest absolute Gasteiger partial charge is 0.382 e. The zero-order valence-corrected chi connectivity index (χ0v) is 11.0. The van der Waals surface area contributed by atoms with Crippen molar-refractivity contribution >= 4 is 11.8 Å². The van der Waals surface area contributed by atoms with Crippen molar-refractivity contribution < 1.29 is 14.2 Å².